The number of imide groups is 1. The van der Waals surface area contributed by atoms with Crippen LogP contribution in [0, 0.1) is 0 Å². The lowest BCUT2D eigenvalue weighted by Crippen LogP contribution is -2.45. The Morgan fingerprint density at radius 1 is 1.10 bits per heavy atom. The van der Waals surface area contributed by atoms with Crippen molar-refractivity contribution in [3.63, 3.8) is 0 Å². The first-order valence-corrected chi connectivity index (χ1v) is 7.46. The van der Waals surface area contributed by atoms with Crippen molar-refractivity contribution >= 4 is 11.8 Å². The van der Waals surface area contributed by atoms with Gasteiger partial charge >= 0.3 is 0 Å². The van der Waals surface area contributed by atoms with Gasteiger partial charge in [0.2, 0.25) is 0 Å². The summed E-state index contributed by atoms with van der Waals surface area (Å²) in [6.45, 7) is 5.47. The number of carbonyl (C=O) groups is 2. The Morgan fingerprint density at radius 3 is 2.20 bits per heavy atom. The Hall–Kier alpha value is -1.68. The Morgan fingerprint density at radius 2 is 1.70 bits per heavy atom. The molecule has 2 aliphatic heterocycles. The fourth-order valence-electron chi connectivity index (χ4n) is 2.71. The van der Waals surface area contributed by atoms with Crippen molar-refractivity contribution in [2.24, 2.45) is 0 Å². The minimum atomic E-state index is -0.150. The maximum Gasteiger partial charge on any atom is 0.261 e. The van der Waals surface area contributed by atoms with E-state index in [1.165, 1.54) is 17.7 Å². The lowest BCUT2D eigenvalue weighted by molar-refractivity contribution is 0.0632. The summed E-state index contributed by atoms with van der Waals surface area (Å²) < 4.78 is 0. The van der Waals surface area contributed by atoms with Gasteiger partial charge in [-0.2, -0.15) is 0 Å². The molecule has 2 heterocycles. The lowest BCUT2D eigenvalue weighted by Gasteiger charge is -2.26. The second-order valence-corrected chi connectivity index (χ2v) is 4.91. The summed E-state index contributed by atoms with van der Waals surface area (Å²) in [6.07, 6.45) is 3.38. The second-order valence-electron chi connectivity index (χ2n) is 4.91. The SMILES string of the molecule is CC.O=C1c2ccccc2C(=O)N1CC1CCCCN1. The largest absolute Gasteiger partial charge is 0.312 e. The van der Waals surface area contributed by atoms with E-state index in [1.807, 2.05) is 13.8 Å². The van der Waals surface area contributed by atoms with E-state index in [9.17, 15) is 9.59 Å². The molecule has 0 spiro atoms. The van der Waals surface area contributed by atoms with Crippen LogP contribution >= 0.6 is 0 Å². The number of hydrogen-bond acceptors (Lipinski definition) is 3. The van der Waals surface area contributed by atoms with E-state index >= 15 is 0 Å². The van der Waals surface area contributed by atoms with E-state index in [0.29, 0.717) is 17.7 Å². The molecule has 2 aliphatic rings. The van der Waals surface area contributed by atoms with Crippen LogP contribution in [0.15, 0.2) is 24.3 Å². The molecule has 20 heavy (non-hydrogen) atoms. The summed E-state index contributed by atoms with van der Waals surface area (Å²) >= 11 is 0. The summed E-state index contributed by atoms with van der Waals surface area (Å²) in [5.74, 6) is -0.300. The van der Waals surface area contributed by atoms with Crippen molar-refractivity contribution in [2.45, 2.75) is 39.2 Å². The topological polar surface area (TPSA) is 49.4 Å². The molecule has 1 unspecified atom stereocenters. The van der Waals surface area contributed by atoms with Gasteiger partial charge in [0.25, 0.3) is 11.8 Å². The number of hydrogen-bond donors (Lipinski definition) is 1. The lowest BCUT2D eigenvalue weighted by atomic mass is 10.0. The predicted molar refractivity (Wildman–Crippen MR) is 78.8 cm³/mol. The number of benzene rings is 1. The van der Waals surface area contributed by atoms with Crippen LogP contribution in [0.1, 0.15) is 53.8 Å². The van der Waals surface area contributed by atoms with Gasteiger partial charge < -0.3 is 5.32 Å². The predicted octanol–water partition coefficient (Wildman–Crippen LogP) is 2.45. The molecule has 4 nitrogen and oxygen atoms in total. The number of amides is 2. The summed E-state index contributed by atoms with van der Waals surface area (Å²) in [5.41, 5.74) is 1.08. The van der Waals surface area contributed by atoms with Crippen LogP contribution in [0.5, 0.6) is 0 Å². The molecule has 1 fully saturated rings. The smallest absolute Gasteiger partial charge is 0.261 e. The molecule has 1 N–H and O–H groups in total. The minimum absolute atomic E-state index is 0.150. The van der Waals surface area contributed by atoms with E-state index < -0.39 is 0 Å². The average Bonchev–Trinajstić information content (AvgIpc) is 2.76. The molecule has 0 bridgehead atoms. The van der Waals surface area contributed by atoms with E-state index in [0.717, 1.165) is 13.0 Å². The van der Waals surface area contributed by atoms with Crippen LogP contribution in [0.2, 0.25) is 0 Å². The summed E-state index contributed by atoms with van der Waals surface area (Å²) in [7, 11) is 0. The van der Waals surface area contributed by atoms with E-state index in [4.69, 9.17) is 0 Å². The summed E-state index contributed by atoms with van der Waals surface area (Å²) in [6, 6.07) is 7.30. The molecule has 1 atom stereocenters. The maximum atomic E-state index is 12.2. The number of piperidine rings is 1. The summed E-state index contributed by atoms with van der Waals surface area (Å²) in [4.78, 5) is 25.7. The Kier molecular flexibility index (Phi) is 4.90. The zero-order valence-corrected chi connectivity index (χ0v) is 12.2. The molecule has 1 aromatic carbocycles. The summed E-state index contributed by atoms with van der Waals surface area (Å²) in [5, 5.41) is 3.37. The molecule has 2 amide bonds. The van der Waals surface area contributed by atoms with Crippen LogP contribution in [-0.2, 0) is 0 Å². The third kappa shape index (κ3) is 2.75. The van der Waals surface area contributed by atoms with Crippen LogP contribution in [-0.4, -0.2) is 35.8 Å². The highest BCUT2D eigenvalue weighted by Crippen LogP contribution is 2.23. The van der Waals surface area contributed by atoms with Crippen LogP contribution in [0.25, 0.3) is 0 Å². The number of carbonyl (C=O) groups excluding carboxylic acids is 2. The number of rotatable bonds is 2. The Bertz CT molecular complexity index is 458. The quantitative estimate of drug-likeness (QED) is 0.843. The van der Waals surface area contributed by atoms with Crippen molar-refractivity contribution in [3.05, 3.63) is 35.4 Å². The number of nitrogens with one attached hydrogen (secondary N) is 1. The van der Waals surface area contributed by atoms with Crippen molar-refractivity contribution in [2.75, 3.05) is 13.1 Å². The van der Waals surface area contributed by atoms with Crippen molar-refractivity contribution < 1.29 is 9.59 Å². The highest BCUT2D eigenvalue weighted by molar-refractivity contribution is 6.21. The average molecular weight is 274 g/mol. The zero-order valence-electron chi connectivity index (χ0n) is 12.2. The Balaban J connectivity index is 0.000000704. The van der Waals surface area contributed by atoms with Gasteiger partial charge in [-0.05, 0) is 31.5 Å². The fourth-order valence-corrected chi connectivity index (χ4v) is 2.71. The molecule has 108 valence electrons. The van der Waals surface area contributed by atoms with Gasteiger partial charge in [-0.1, -0.05) is 32.4 Å². The van der Waals surface area contributed by atoms with Crippen LogP contribution < -0.4 is 5.32 Å². The van der Waals surface area contributed by atoms with Gasteiger partial charge in [0, 0.05) is 12.6 Å². The first kappa shape index (κ1) is 14.7. The van der Waals surface area contributed by atoms with Gasteiger partial charge in [0.15, 0.2) is 0 Å². The molecule has 1 saturated heterocycles. The van der Waals surface area contributed by atoms with Crippen LogP contribution in [0.4, 0.5) is 0 Å². The molecular weight excluding hydrogens is 252 g/mol. The van der Waals surface area contributed by atoms with Gasteiger partial charge in [0.05, 0.1) is 11.1 Å². The molecule has 0 aromatic heterocycles. The molecule has 0 saturated carbocycles. The van der Waals surface area contributed by atoms with Crippen molar-refractivity contribution in [1.82, 2.24) is 10.2 Å². The van der Waals surface area contributed by atoms with Crippen molar-refractivity contribution in [3.8, 4) is 0 Å². The molecule has 4 heteroatoms. The Labute approximate surface area is 120 Å². The van der Waals surface area contributed by atoms with Gasteiger partial charge in [-0.15, -0.1) is 0 Å². The normalized spacial score (nSPS) is 21.3. The zero-order chi connectivity index (χ0) is 14.5. The van der Waals surface area contributed by atoms with Gasteiger partial charge in [-0.3, -0.25) is 14.5 Å². The molecule has 3 rings (SSSR count). The molecular formula is C16H22N2O2. The maximum absolute atomic E-state index is 12.2. The minimum Gasteiger partial charge on any atom is -0.312 e. The fraction of sp³-hybridized carbons (Fsp3) is 0.500. The molecule has 0 aliphatic carbocycles. The monoisotopic (exact) mass is 274 g/mol. The van der Waals surface area contributed by atoms with Crippen LogP contribution in [0.3, 0.4) is 0 Å². The van der Waals surface area contributed by atoms with Gasteiger partial charge in [-0.25, -0.2) is 0 Å². The third-order valence-electron chi connectivity index (χ3n) is 3.69. The molecule has 1 aromatic rings. The van der Waals surface area contributed by atoms with E-state index in [-0.39, 0.29) is 17.9 Å². The first-order valence-electron chi connectivity index (χ1n) is 7.46. The van der Waals surface area contributed by atoms with E-state index in [2.05, 4.69) is 5.32 Å². The second kappa shape index (κ2) is 6.66. The standard InChI is InChI=1S/C14H16N2O2.C2H6/c17-13-11-6-1-2-7-12(11)14(18)16(13)9-10-5-3-4-8-15-10;1-2/h1-2,6-7,10,15H,3-5,8-9H2;1-2H3. The number of nitrogens with zero attached hydrogens (tertiary/aromatic N) is 1. The molecule has 0 radical (unpaired) electrons. The number of fused-ring (bicyclic) bond motifs is 1. The van der Waals surface area contributed by atoms with Crippen molar-refractivity contribution in [1.29, 1.82) is 0 Å². The highest BCUT2D eigenvalue weighted by Gasteiger charge is 2.36. The van der Waals surface area contributed by atoms with E-state index in [1.54, 1.807) is 24.3 Å². The first-order chi connectivity index (χ1) is 9.77. The third-order valence-corrected chi connectivity index (χ3v) is 3.69. The highest BCUT2D eigenvalue weighted by atomic mass is 16.2. The van der Waals surface area contributed by atoms with Gasteiger partial charge in [0.1, 0.15) is 0 Å².